The molecule has 0 fully saturated rings. The average molecular weight is 407 g/mol. The van der Waals surface area contributed by atoms with Gasteiger partial charge in [0.25, 0.3) is 5.91 Å². The number of nitrogens with one attached hydrogen (secondary N) is 1. The number of aryl methyl sites for hydroxylation is 2. The van der Waals surface area contributed by atoms with Gasteiger partial charge in [0, 0.05) is 37.5 Å². The van der Waals surface area contributed by atoms with Crippen LogP contribution < -0.4 is 4.74 Å². The number of H-pyrrole nitrogens is 1. The fourth-order valence-electron chi connectivity index (χ4n) is 3.10. The SMILES string of the molecule is Cc1nn(C)c(C)c1-c1cc(C(=O)N(C)Cc2ccccc2OC(F)(F)F)[nH]n1. The van der Waals surface area contributed by atoms with Crippen LogP contribution in [0.1, 0.15) is 27.4 Å². The predicted molar refractivity (Wildman–Crippen MR) is 99.2 cm³/mol. The predicted octanol–water partition coefficient (Wildman–Crippen LogP) is 3.60. The zero-order chi connectivity index (χ0) is 21.3. The minimum atomic E-state index is -4.81. The average Bonchev–Trinajstić information content (AvgIpc) is 3.19. The molecule has 154 valence electrons. The van der Waals surface area contributed by atoms with Crippen molar-refractivity contribution in [2.24, 2.45) is 7.05 Å². The van der Waals surface area contributed by atoms with E-state index in [1.54, 1.807) is 16.8 Å². The van der Waals surface area contributed by atoms with Crippen LogP contribution in [0.4, 0.5) is 13.2 Å². The summed E-state index contributed by atoms with van der Waals surface area (Å²) in [7, 11) is 3.31. The number of hydrogen-bond acceptors (Lipinski definition) is 4. The van der Waals surface area contributed by atoms with Crippen LogP contribution in [-0.2, 0) is 13.6 Å². The zero-order valence-electron chi connectivity index (χ0n) is 16.3. The number of ether oxygens (including phenoxy) is 1. The van der Waals surface area contributed by atoms with E-state index in [0.29, 0.717) is 5.69 Å². The number of halogens is 3. The van der Waals surface area contributed by atoms with Crippen molar-refractivity contribution in [3.8, 4) is 17.0 Å². The monoisotopic (exact) mass is 407 g/mol. The van der Waals surface area contributed by atoms with E-state index in [4.69, 9.17) is 0 Å². The third kappa shape index (κ3) is 4.41. The second-order valence-electron chi connectivity index (χ2n) is 6.65. The van der Waals surface area contributed by atoms with E-state index < -0.39 is 12.3 Å². The highest BCUT2D eigenvalue weighted by atomic mass is 19.4. The van der Waals surface area contributed by atoms with Crippen molar-refractivity contribution in [2.45, 2.75) is 26.8 Å². The van der Waals surface area contributed by atoms with Crippen molar-refractivity contribution in [1.29, 1.82) is 0 Å². The molecule has 7 nitrogen and oxygen atoms in total. The Morgan fingerprint density at radius 3 is 2.59 bits per heavy atom. The van der Waals surface area contributed by atoms with Crippen LogP contribution in [0, 0.1) is 13.8 Å². The molecule has 0 unspecified atom stereocenters. The molecule has 0 bridgehead atoms. The van der Waals surface area contributed by atoms with Crippen molar-refractivity contribution < 1.29 is 22.7 Å². The van der Waals surface area contributed by atoms with E-state index in [2.05, 4.69) is 20.0 Å². The van der Waals surface area contributed by atoms with Crippen LogP contribution in [0.5, 0.6) is 5.75 Å². The molecule has 0 aliphatic rings. The van der Waals surface area contributed by atoms with Crippen molar-refractivity contribution in [1.82, 2.24) is 24.9 Å². The number of amides is 1. The molecule has 1 aromatic carbocycles. The third-order valence-electron chi connectivity index (χ3n) is 4.53. The fraction of sp³-hybridized carbons (Fsp3) is 0.316. The molecule has 2 aromatic heterocycles. The minimum absolute atomic E-state index is 0.0651. The lowest BCUT2D eigenvalue weighted by molar-refractivity contribution is -0.275. The Labute approximate surface area is 165 Å². The largest absolute Gasteiger partial charge is 0.573 e. The maximum atomic E-state index is 12.7. The van der Waals surface area contributed by atoms with E-state index in [0.717, 1.165) is 17.0 Å². The molecular weight excluding hydrogens is 387 g/mol. The first-order chi connectivity index (χ1) is 13.6. The summed E-state index contributed by atoms with van der Waals surface area (Å²) in [4.78, 5) is 14.0. The molecule has 3 rings (SSSR count). The molecule has 0 radical (unpaired) electrons. The Hall–Kier alpha value is -3.30. The lowest BCUT2D eigenvalue weighted by atomic mass is 10.1. The van der Waals surface area contributed by atoms with Gasteiger partial charge in [0.05, 0.1) is 11.4 Å². The number of nitrogens with zero attached hydrogens (tertiary/aromatic N) is 4. The summed E-state index contributed by atoms with van der Waals surface area (Å²) < 4.78 is 43.5. The molecule has 0 saturated carbocycles. The van der Waals surface area contributed by atoms with Gasteiger partial charge in [-0.3, -0.25) is 14.6 Å². The Bertz CT molecular complexity index is 1040. The lowest BCUT2D eigenvalue weighted by Gasteiger charge is -2.19. The number of para-hydroxylation sites is 1. The second-order valence-corrected chi connectivity index (χ2v) is 6.65. The number of aromatic amines is 1. The maximum absolute atomic E-state index is 12.7. The molecule has 10 heteroatoms. The fourth-order valence-corrected chi connectivity index (χ4v) is 3.10. The second kappa shape index (κ2) is 7.61. The Morgan fingerprint density at radius 1 is 1.28 bits per heavy atom. The first kappa shape index (κ1) is 20.4. The van der Waals surface area contributed by atoms with Gasteiger partial charge in [-0.15, -0.1) is 13.2 Å². The van der Waals surface area contributed by atoms with Crippen molar-refractivity contribution in [3.05, 3.63) is 53.0 Å². The summed E-state index contributed by atoms with van der Waals surface area (Å²) >= 11 is 0. The molecule has 3 aromatic rings. The molecule has 0 spiro atoms. The number of rotatable bonds is 5. The summed E-state index contributed by atoms with van der Waals surface area (Å²) in [5.41, 5.74) is 3.54. The quantitative estimate of drug-likeness (QED) is 0.701. The van der Waals surface area contributed by atoms with Crippen LogP contribution in [0.15, 0.2) is 30.3 Å². The van der Waals surface area contributed by atoms with Crippen LogP contribution in [0.25, 0.3) is 11.3 Å². The summed E-state index contributed by atoms with van der Waals surface area (Å²) in [5.74, 6) is -0.753. The van der Waals surface area contributed by atoms with Gasteiger partial charge >= 0.3 is 6.36 Å². The van der Waals surface area contributed by atoms with Crippen LogP contribution in [0.3, 0.4) is 0 Å². The minimum Gasteiger partial charge on any atom is -0.405 e. The van der Waals surface area contributed by atoms with Gasteiger partial charge in [0.1, 0.15) is 11.4 Å². The van der Waals surface area contributed by atoms with E-state index in [1.165, 1.54) is 30.1 Å². The summed E-state index contributed by atoms with van der Waals surface area (Å²) in [6, 6.07) is 7.31. The molecule has 29 heavy (non-hydrogen) atoms. The molecule has 0 saturated heterocycles. The number of benzene rings is 1. The molecule has 0 aliphatic heterocycles. The number of aromatic nitrogens is 4. The smallest absolute Gasteiger partial charge is 0.405 e. The summed E-state index contributed by atoms with van der Waals surface area (Å²) in [6.07, 6.45) is -4.81. The van der Waals surface area contributed by atoms with Crippen molar-refractivity contribution >= 4 is 5.91 Å². The molecule has 1 amide bonds. The van der Waals surface area contributed by atoms with Crippen LogP contribution in [0.2, 0.25) is 0 Å². The first-order valence-electron chi connectivity index (χ1n) is 8.72. The number of carbonyl (C=O) groups is 1. The molecule has 0 aliphatic carbocycles. The van der Waals surface area contributed by atoms with Crippen molar-refractivity contribution in [2.75, 3.05) is 7.05 Å². The van der Waals surface area contributed by atoms with Crippen molar-refractivity contribution in [3.63, 3.8) is 0 Å². The Balaban J connectivity index is 1.80. The normalized spacial score (nSPS) is 11.6. The molecule has 2 heterocycles. The number of carbonyl (C=O) groups excluding carboxylic acids is 1. The van der Waals surface area contributed by atoms with E-state index >= 15 is 0 Å². The summed E-state index contributed by atoms with van der Waals surface area (Å²) in [5, 5.41) is 11.2. The van der Waals surface area contributed by atoms with Gasteiger partial charge in [-0.2, -0.15) is 10.2 Å². The highest BCUT2D eigenvalue weighted by Crippen LogP contribution is 2.28. The number of alkyl halides is 3. The van der Waals surface area contributed by atoms with Gasteiger partial charge in [-0.25, -0.2) is 0 Å². The molecule has 0 atom stereocenters. The van der Waals surface area contributed by atoms with Gasteiger partial charge in [-0.05, 0) is 26.0 Å². The highest BCUT2D eigenvalue weighted by Gasteiger charge is 2.32. The highest BCUT2D eigenvalue weighted by molar-refractivity contribution is 5.93. The zero-order valence-corrected chi connectivity index (χ0v) is 16.3. The van der Waals surface area contributed by atoms with Gasteiger partial charge in [0.15, 0.2) is 0 Å². The van der Waals surface area contributed by atoms with Gasteiger partial charge in [-0.1, -0.05) is 18.2 Å². The van der Waals surface area contributed by atoms with Crippen LogP contribution >= 0.6 is 0 Å². The topological polar surface area (TPSA) is 76.0 Å². The maximum Gasteiger partial charge on any atom is 0.573 e. The van der Waals surface area contributed by atoms with Gasteiger partial charge in [0.2, 0.25) is 0 Å². The molecule has 1 N–H and O–H groups in total. The van der Waals surface area contributed by atoms with E-state index in [1.807, 2.05) is 20.9 Å². The Kier molecular flexibility index (Phi) is 5.36. The number of hydrogen-bond donors (Lipinski definition) is 1. The van der Waals surface area contributed by atoms with Crippen LogP contribution in [-0.4, -0.2) is 44.2 Å². The lowest BCUT2D eigenvalue weighted by Crippen LogP contribution is -2.27. The summed E-state index contributed by atoms with van der Waals surface area (Å²) in [6.45, 7) is 3.68. The molecular formula is C19H20F3N5O2. The third-order valence-corrected chi connectivity index (χ3v) is 4.53. The van der Waals surface area contributed by atoms with Gasteiger partial charge < -0.3 is 9.64 Å². The van der Waals surface area contributed by atoms with E-state index in [-0.39, 0.29) is 23.6 Å². The van der Waals surface area contributed by atoms with E-state index in [9.17, 15) is 18.0 Å². The standard InChI is InChI=1S/C19H20F3N5O2/c1-11-17(12(2)27(4)25-11)14-9-15(24-23-14)18(28)26(3)10-13-7-5-6-8-16(13)29-19(20,21)22/h5-9H,10H2,1-4H3,(H,23,24). The Morgan fingerprint density at radius 2 is 1.97 bits per heavy atom. The first-order valence-corrected chi connectivity index (χ1v) is 8.72.